The molecule has 0 fully saturated rings. The van der Waals surface area contributed by atoms with Gasteiger partial charge in [0.25, 0.3) is 0 Å². The van der Waals surface area contributed by atoms with Gasteiger partial charge in [0.1, 0.15) is 11.4 Å². The number of anilines is 1. The lowest BCUT2D eigenvalue weighted by molar-refractivity contribution is -0.137. The SMILES string of the molecule is CCc1cc(Sc2ccc(C(F)(F)F)cc2)cc(NOC)c1O.CO. The van der Waals surface area contributed by atoms with Crippen molar-refractivity contribution in [2.45, 2.75) is 29.3 Å². The molecule has 0 radical (unpaired) electrons. The maximum Gasteiger partial charge on any atom is 0.416 e. The van der Waals surface area contributed by atoms with E-state index in [1.54, 1.807) is 12.1 Å². The van der Waals surface area contributed by atoms with Gasteiger partial charge in [0.2, 0.25) is 0 Å². The molecule has 0 bridgehead atoms. The first kappa shape index (κ1) is 21.1. The van der Waals surface area contributed by atoms with Gasteiger partial charge >= 0.3 is 6.18 Å². The molecule has 2 aromatic carbocycles. The van der Waals surface area contributed by atoms with E-state index >= 15 is 0 Å². The summed E-state index contributed by atoms with van der Waals surface area (Å²) >= 11 is 1.31. The van der Waals surface area contributed by atoms with E-state index in [0.29, 0.717) is 17.0 Å². The number of aliphatic hydroxyl groups is 1. The second kappa shape index (κ2) is 9.55. The van der Waals surface area contributed by atoms with Gasteiger partial charge in [-0.3, -0.25) is 10.3 Å². The minimum absolute atomic E-state index is 0.103. The smallest absolute Gasteiger partial charge is 0.416 e. The number of phenolic OH excluding ortho intramolecular Hbond substituents is 1. The first-order valence-electron chi connectivity index (χ1n) is 7.30. The third-order valence-corrected chi connectivity index (χ3v) is 4.15. The Morgan fingerprint density at radius 2 is 1.68 bits per heavy atom. The second-order valence-corrected chi connectivity index (χ2v) is 5.91. The van der Waals surface area contributed by atoms with Crippen LogP contribution in [-0.2, 0) is 17.4 Å². The van der Waals surface area contributed by atoms with Crippen LogP contribution in [0.5, 0.6) is 5.75 Å². The van der Waals surface area contributed by atoms with Crippen molar-refractivity contribution in [1.82, 2.24) is 0 Å². The number of aryl methyl sites for hydroxylation is 1. The lowest BCUT2D eigenvalue weighted by atomic mass is 10.1. The molecule has 0 saturated carbocycles. The summed E-state index contributed by atoms with van der Waals surface area (Å²) < 4.78 is 37.7. The van der Waals surface area contributed by atoms with Crippen molar-refractivity contribution in [2.24, 2.45) is 0 Å². The van der Waals surface area contributed by atoms with E-state index in [9.17, 15) is 18.3 Å². The van der Waals surface area contributed by atoms with Crippen molar-refractivity contribution in [1.29, 1.82) is 0 Å². The number of halogens is 3. The largest absolute Gasteiger partial charge is 0.505 e. The fraction of sp³-hybridized carbons (Fsp3) is 0.294. The molecule has 4 nitrogen and oxygen atoms in total. The highest BCUT2D eigenvalue weighted by atomic mass is 32.2. The topological polar surface area (TPSA) is 61.7 Å². The number of nitrogens with one attached hydrogen (secondary N) is 1. The Kier molecular flexibility index (Phi) is 8.08. The van der Waals surface area contributed by atoms with Crippen LogP contribution in [0.15, 0.2) is 46.2 Å². The van der Waals surface area contributed by atoms with Crippen molar-refractivity contribution in [2.75, 3.05) is 19.7 Å². The molecule has 138 valence electrons. The normalized spacial score (nSPS) is 10.8. The monoisotopic (exact) mass is 375 g/mol. The summed E-state index contributed by atoms with van der Waals surface area (Å²) in [6.45, 7) is 1.90. The Hall–Kier alpha value is -1.90. The molecule has 2 rings (SSSR count). The van der Waals surface area contributed by atoms with Crippen LogP contribution in [0.4, 0.5) is 18.9 Å². The number of aromatic hydroxyl groups is 1. The van der Waals surface area contributed by atoms with E-state index in [0.717, 1.165) is 29.7 Å². The second-order valence-electron chi connectivity index (χ2n) is 4.76. The van der Waals surface area contributed by atoms with E-state index in [-0.39, 0.29) is 5.75 Å². The molecule has 2 aromatic rings. The van der Waals surface area contributed by atoms with Crippen LogP contribution in [0, 0.1) is 0 Å². The van der Waals surface area contributed by atoms with Crippen LogP contribution in [0.2, 0.25) is 0 Å². The number of phenols is 1. The number of hydrogen-bond donors (Lipinski definition) is 3. The summed E-state index contributed by atoms with van der Waals surface area (Å²) in [7, 11) is 2.43. The number of aliphatic hydroxyl groups excluding tert-OH is 1. The summed E-state index contributed by atoms with van der Waals surface area (Å²) in [6.07, 6.45) is -3.72. The quantitative estimate of drug-likeness (QED) is 0.522. The molecule has 0 aliphatic heterocycles. The molecule has 8 heteroatoms. The molecule has 0 saturated heterocycles. The minimum atomic E-state index is -4.34. The Bertz CT molecular complexity index is 676. The molecule has 0 spiro atoms. The predicted octanol–water partition coefficient (Wildman–Crippen LogP) is 4.71. The van der Waals surface area contributed by atoms with Gasteiger partial charge in [-0.2, -0.15) is 13.2 Å². The van der Waals surface area contributed by atoms with Crippen LogP contribution in [0.1, 0.15) is 18.1 Å². The van der Waals surface area contributed by atoms with Crippen LogP contribution >= 0.6 is 11.8 Å². The average molecular weight is 375 g/mol. The first-order chi connectivity index (χ1) is 11.8. The van der Waals surface area contributed by atoms with Crippen molar-refractivity contribution < 1.29 is 28.2 Å². The lowest BCUT2D eigenvalue weighted by Crippen LogP contribution is -2.03. The van der Waals surface area contributed by atoms with E-state index < -0.39 is 11.7 Å². The Morgan fingerprint density at radius 3 is 2.16 bits per heavy atom. The van der Waals surface area contributed by atoms with Crippen LogP contribution in [0.25, 0.3) is 0 Å². The molecule has 25 heavy (non-hydrogen) atoms. The number of rotatable bonds is 5. The third kappa shape index (κ3) is 5.84. The van der Waals surface area contributed by atoms with E-state index in [1.165, 1.54) is 31.0 Å². The molecule has 0 heterocycles. The molecule has 0 aliphatic rings. The van der Waals surface area contributed by atoms with Gasteiger partial charge in [0.15, 0.2) is 0 Å². The van der Waals surface area contributed by atoms with E-state index in [1.807, 2.05) is 6.92 Å². The molecule has 0 unspecified atom stereocenters. The Balaban J connectivity index is 0.00000151. The number of benzene rings is 2. The third-order valence-electron chi connectivity index (χ3n) is 3.17. The standard InChI is InChI=1S/C16H16F3NO2S.CH4O/c1-3-10-8-13(9-14(15(10)21)20-22-2)23-12-6-4-11(5-7-12)16(17,18)19;1-2/h4-9,20-21H,3H2,1-2H3;2H,1H3. The maximum atomic E-state index is 12.6. The van der Waals surface area contributed by atoms with Crippen LogP contribution in [0.3, 0.4) is 0 Å². The molecular formula is C17H20F3NO3S. The molecule has 0 atom stereocenters. The summed E-state index contributed by atoms with van der Waals surface area (Å²) in [6, 6.07) is 8.44. The highest BCUT2D eigenvalue weighted by Gasteiger charge is 2.29. The summed E-state index contributed by atoms with van der Waals surface area (Å²) in [5.41, 5.74) is 3.06. The van der Waals surface area contributed by atoms with Gasteiger partial charge in [0.05, 0.1) is 12.7 Å². The Labute approximate surface area is 148 Å². The zero-order valence-electron chi connectivity index (χ0n) is 14.0. The number of hydrogen-bond acceptors (Lipinski definition) is 5. The van der Waals surface area contributed by atoms with Gasteiger partial charge in [-0.25, -0.2) is 0 Å². The van der Waals surface area contributed by atoms with Crippen molar-refractivity contribution in [3.05, 3.63) is 47.5 Å². The molecule has 0 amide bonds. The minimum Gasteiger partial charge on any atom is -0.505 e. The van der Waals surface area contributed by atoms with Crippen LogP contribution < -0.4 is 5.48 Å². The molecule has 0 aliphatic carbocycles. The summed E-state index contributed by atoms with van der Waals surface area (Å²) in [4.78, 5) is 6.29. The summed E-state index contributed by atoms with van der Waals surface area (Å²) in [5.74, 6) is 0.103. The first-order valence-corrected chi connectivity index (χ1v) is 8.11. The molecular weight excluding hydrogens is 355 g/mol. The predicted molar refractivity (Wildman–Crippen MR) is 91.8 cm³/mol. The molecule has 0 aromatic heterocycles. The fourth-order valence-electron chi connectivity index (χ4n) is 2.03. The van der Waals surface area contributed by atoms with Crippen molar-refractivity contribution in [3.8, 4) is 5.75 Å². The van der Waals surface area contributed by atoms with E-state index in [4.69, 9.17) is 9.94 Å². The van der Waals surface area contributed by atoms with Crippen LogP contribution in [-0.4, -0.2) is 24.4 Å². The highest BCUT2D eigenvalue weighted by Crippen LogP contribution is 2.38. The van der Waals surface area contributed by atoms with Gasteiger partial charge in [-0.1, -0.05) is 18.7 Å². The Morgan fingerprint density at radius 1 is 1.08 bits per heavy atom. The molecule has 3 N–H and O–H groups in total. The van der Waals surface area contributed by atoms with Gasteiger partial charge in [-0.05, 0) is 48.4 Å². The summed E-state index contributed by atoms with van der Waals surface area (Å²) in [5, 5.41) is 17.1. The van der Waals surface area contributed by atoms with E-state index in [2.05, 4.69) is 5.48 Å². The zero-order chi connectivity index (χ0) is 19.0. The number of alkyl halides is 3. The van der Waals surface area contributed by atoms with Crippen molar-refractivity contribution in [3.63, 3.8) is 0 Å². The fourth-order valence-corrected chi connectivity index (χ4v) is 2.95. The van der Waals surface area contributed by atoms with Gasteiger partial charge in [-0.15, -0.1) is 0 Å². The maximum absolute atomic E-state index is 12.6. The van der Waals surface area contributed by atoms with Gasteiger partial charge < -0.3 is 10.2 Å². The van der Waals surface area contributed by atoms with Gasteiger partial charge in [0, 0.05) is 16.9 Å². The zero-order valence-corrected chi connectivity index (χ0v) is 14.8. The lowest BCUT2D eigenvalue weighted by Gasteiger charge is -2.13. The highest BCUT2D eigenvalue weighted by molar-refractivity contribution is 7.99. The average Bonchev–Trinajstić information content (AvgIpc) is 2.59. The van der Waals surface area contributed by atoms with Crippen molar-refractivity contribution >= 4 is 17.4 Å².